The Morgan fingerprint density at radius 1 is 1.32 bits per heavy atom. The van der Waals surface area contributed by atoms with Crippen LogP contribution in [0.25, 0.3) is 0 Å². The fourth-order valence-corrected chi connectivity index (χ4v) is 2.25. The molecule has 102 valence electrons. The van der Waals surface area contributed by atoms with Gasteiger partial charge in [0.1, 0.15) is 5.54 Å². The zero-order valence-corrected chi connectivity index (χ0v) is 11.0. The number of nitrogens with zero attached hydrogens (tertiary/aromatic N) is 1. The molecule has 1 amide bonds. The Hall–Kier alpha value is -1.63. The van der Waals surface area contributed by atoms with E-state index in [0.29, 0.717) is 0 Å². The number of carbonyl (C=O) groups excluding carboxylic acids is 1. The summed E-state index contributed by atoms with van der Waals surface area (Å²) < 4.78 is 37.9. The Kier molecular flexibility index (Phi) is 3.04. The highest BCUT2D eigenvalue weighted by Gasteiger charge is 2.43. The smallest absolute Gasteiger partial charge is 0.348 e. The molecule has 1 aliphatic rings. The van der Waals surface area contributed by atoms with Gasteiger partial charge in [-0.2, -0.15) is 13.2 Å². The summed E-state index contributed by atoms with van der Waals surface area (Å²) in [5, 5.41) is 2.88. The Morgan fingerprint density at radius 2 is 1.95 bits per heavy atom. The minimum absolute atomic E-state index is 0.106. The van der Waals surface area contributed by atoms with Crippen molar-refractivity contribution >= 4 is 28.9 Å². The number of hydrogen-bond acceptors (Lipinski definition) is 2. The molecule has 0 spiro atoms. The number of alkyl halides is 3. The molecule has 1 N–H and O–H groups in total. The van der Waals surface area contributed by atoms with Crippen LogP contribution in [0.4, 0.5) is 18.9 Å². The van der Waals surface area contributed by atoms with Gasteiger partial charge in [-0.25, -0.2) is 0 Å². The van der Waals surface area contributed by atoms with Crippen LogP contribution < -0.4 is 10.2 Å². The molecule has 1 heterocycles. The molecule has 0 saturated carbocycles. The molecule has 2 rings (SSSR count). The molecule has 0 radical (unpaired) electrons. The Bertz CT molecular complexity index is 554. The molecular formula is C12H11F3N2OS. The molecule has 1 aromatic rings. The molecule has 0 bridgehead atoms. The predicted octanol–water partition coefficient (Wildman–Crippen LogP) is 2.71. The molecule has 1 saturated heterocycles. The highest BCUT2D eigenvalue weighted by atomic mass is 32.1. The highest BCUT2D eigenvalue weighted by molar-refractivity contribution is 7.80. The average Bonchev–Trinajstić information content (AvgIpc) is 2.47. The lowest BCUT2D eigenvalue weighted by molar-refractivity contribution is -0.137. The van der Waals surface area contributed by atoms with Gasteiger partial charge in [0.2, 0.25) is 0 Å². The van der Waals surface area contributed by atoms with Gasteiger partial charge in [-0.1, -0.05) is 6.07 Å². The van der Waals surface area contributed by atoms with E-state index in [0.717, 1.165) is 17.0 Å². The van der Waals surface area contributed by atoms with Crippen LogP contribution in [0.15, 0.2) is 24.3 Å². The van der Waals surface area contributed by atoms with Crippen LogP contribution in [0, 0.1) is 0 Å². The summed E-state index contributed by atoms with van der Waals surface area (Å²) in [6.07, 6.45) is -4.46. The van der Waals surface area contributed by atoms with Crippen molar-refractivity contribution in [1.82, 2.24) is 5.32 Å². The van der Waals surface area contributed by atoms with E-state index < -0.39 is 17.3 Å². The molecule has 1 fully saturated rings. The largest absolute Gasteiger partial charge is 0.416 e. The lowest BCUT2D eigenvalue weighted by Gasteiger charge is -2.18. The number of rotatable bonds is 1. The summed E-state index contributed by atoms with van der Waals surface area (Å²) in [6, 6.07) is 4.53. The fraction of sp³-hybridized carbons (Fsp3) is 0.333. The number of nitrogens with one attached hydrogen (secondary N) is 1. The minimum Gasteiger partial charge on any atom is -0.348 e. The number of hydrogen-bond donors (Lipinski definition) is 1. The summed E-state index contributed by atoms with van der Waals surface area (Å²) in [7, 11) is 0. The topological polar surface area (TPSA) is 32.3 Å². The van der Waals surface area contributed by atoms with E-state index in [1.165, 1.54) is 12.1 Å². The SMILES string of the molecule is CC1(C)NC(=S)N(c2cccc(C(F)(F)F)c2)C1=O. The van der Waals surface area contributed by atoms with Gasteiger partial charge in [-0.15, -0.1) is 0 Å². The number of halogens is 3. The molecule has 1 aliphatic heterocycles. The summed E-state index contributed by atoms with van der Waals surface area (Å²) in [6.45, 7) is 3.24. The van der Waals surface area contributed by atoms with Gasteiger partial charge in [0.05, 0.1) is 11.3 Å². The van der Waals surface area contributed by atoms with Gasteiger partial charge < -0.3 is 5.32 Å². The van der Waals surface area contributed by atoms with Crippen molar-refractivity contribution < 1.29 is 18.0 Å². The van der Waals surface area contributed by atoms with Gasteiger partial charge in [0.25, 0.3) is 5.91 Å². The van der Waals surface area contributed by atoms with Gasteiger partial charge in [-0.05, 0) is 44.3 Å². The van der Waals surface area contributed by atoms with Crippen molar-refractivity contribution in [3.8, 4) is 0 Å². The van der Waals surface area contributed by atoms with Crippen molar-refractivity contribution in [2.24, 2.45) is 0 Å². The summed E-state index contributed by atoms with van der Waals surface area (Å²) >= 11 is 5.00. The second-order valence-corrected chi connectivity index (χ2v) is 5.13. The zero-order chi connectivity index (χ0) is 14.4. The maximum atomic E-state index is 12.6. The highest BCUT2D eigenvalue weighted by Crippen LogP contribution is 2.33. The lowest BCUT2D eigenvalue weighted by Crippen LogP contribution is -2.40. The molecular weight excluding hydrogens is 277 g/mol. The van der Waals surface area contributed by atoms with Crippen LogP contribution in [0.5, 0.6) is 0 Å². The molecule has 1 aromatic carbocycles. The fourth-order valence-electron chi connectivity index (χ4n) is 1.80. The summed E-state index contributed by atoms with van der Waals surface area (Å²) in [5.74, 6) is -0.378. The first-order chi connectivity index (χ1) is 8.63. The first kappa shape index (κ1) is 13.8. The first-order valence-electron chi connectivity index (χ1n) is 5.47. The Balaban J connectivity index is 2.44. The van der Waals surface area contributed by atoms with Crippen LogP contribution in [-0.2, 0) is 11.0 Å². The van der Waals surface area contributed by atoms with Crippen LogP contribution in [0.2, 0.25) is 0 Å². The number of amides is 1. The maximum Gasteiger partial charge on any atom is 0.416 e. The number of benzene rings is 1. The zero-order valence-electron chi connectivity index (χ0n) is 10.2. The van der Waals surface area contributed by atoms with Crippen LogP contribution in [0.1, 0.15) is 19.4 Å². The van der Waals surface area contributed by atoms with Gasteiger partial charge in [-0.3, -0.25) is 9.69 Å². The molecule has 0 unspecified atom stereocenters. The van der Waals surface area contributed by atoms with Crippen molar-refractivity contribution in [3.63, 3.8) is 0 Å². The number of anilines is 1. The Labute approximate surface area is 113 Å². The average molecular weight is 288 g/mol. The lowest BCUT2D eigenvalue weighted by atomic mass is 10.1. The molecule has 0 aliphatic carbocycles. The van der Waals surface area contributed by atoms with Crippen LogP contribution >= 0.6 is 12.2 Å². The maximum absolute atomic E-state index is 12.6. The van der Waals surface area contributed by atoms with Crippen molar-refractivity contribution in [3.05, 3.63) is 29.8 Å². The second kappa shape index (κ2) is 4.19. The van der Waals surface area contributed by atoms with E-state index in [1.807, 2.05) is 0 Å². The van der Waals surface area contributed by atoms with Crippen LogP contribution in [-0.4, -0.2) is 16.6 Å². The van der Waals surface area contributed by atoms with Crippen molar-refractivity contribution in [2.45, 2.75) is 25.6 Å². The number of carbonyl (C=O) groups is 1. The summed E-state index contributed by atoms with van der Waals surface area (Å²) in [5.41, 5.74) is -1.61. The molecule has 0 aromatic heterocycles. The van der Waals surface area contributed by atoms with Gasteiger partial charge in [0, 0.05) is 0 Å². The van der Waals surface area contributed by atoms with E-state index in [9.17, 15) is 18.0 Å². The molecule has 7 heteroatoms. The van der Waals surface area contributed by atoms with Gasteiger partial charge in [0.15, 0.2) is 5.11 Å². The van der Waals surface area contributed by atoms with Crippen molar-refractivity contribution in [1.29, 1.82) is 0 Å². The monoisotopic (exact) mass is 288 g/mol. The first-order valence-corrected chi connectivity index (χ1v) is 5.88. The van der Waals surface area contributed by atoms with Gasteiger partial charge >= 0.3 is 6.18 Å². The van der Waals surface area contributed by atoms with E-state index in [2.05, 4.69) is 5.32 Å². The third kappa shape index (κ3) is 2.42. The third-order valence-corrected chi connectivity index (χ3v) is 3.08. The molecule has 19 heavy (non-hydrogen) atoms. The second-order valence-electron chi connectivity index (χ2n) is 4.74. The molecule has 0 atom stereocenters. The van der Waals surface area contributed by atoms with Crippen LogP contribution in [0.3, 0.4) is 0 Å². The van der Waals surface area contributed by atoms with E-state index in [-0.39, 0.29) is 16.7 Å². The number of thiocarbonyl (C=S) groups is 1. The minimum atomic E-state index is -4.46. The normalized spacial score (nSPS) is 18.7. The molecule has 3 nitrogen and oxygen atoms in total. The summed E-state index contributed by atoms with van der Waals surface area (Å²) in [4.78, 5) is 13.2. The van der Waals surface area contributed by atoms with E-state index in [4.69, 9.17) is 12.2 Å². The Morgan fingerprint density at radius 3 is 2.42 bits per heavy atom. The van der Waals surface area contributed by atoms with Crippen molar-refractivity contribution in [2.75, 3.05) is 4.90 Å². The van der Waals surface area contributed by atoms with E-state index >= 15 is 0 Å². The third-order valence-electron chi connectivity index (χ3n) is 2.79. The predicted molar refractivity (Wildman–Crippen MR) is 68.7 cm³/mol. The quantitative estimate of drug-likeness (QED) is 0.806. The van der Waals surface area contributed by atoms with E-state index in [1.54, 1.807) is 13.8 Å². The standard InChI is InChI=1S/C12H11F3N2OS/c1-11(2)9(18)17(10(19)16-11)8-5-3-4-7(6-8)12(13,14)15/h3-6H,1-2H3,(H,16,19).